The third-order valence-corrected chi connectivity index (χ3v) is 3.63. The molecule has 1 amide bonds. The number of benzene rings is 1. The summed E-state index contributed by atoms with van der Waals surface area (Å²) in [4.78, 5) is 18.4. The summed E-state index contributed by atoms with van der Waals surface area (Å²) in [5.74, 6) is -0.0917. The lowest BCUT2D eigenvalue weighted by Gasteiger charge is -2.17. The van der Waals surface area contributed by atoms with Gasteiger partial charge in [0.15, 0.2) is 0 Å². The molecule has 0 saturated heterocycles. The summed E-state index contributed by atoms with van der Waals surface area (Å²) in [6, 6.07) is 11.2. The minimum Gasteiger partial charge on any atom is -0.389 e. The highest BCUT2D eigenvalue weighted by atomic mass is 32.1. The average Bonchev–Trinajstić information content (AvgIpc) is 2.54. The van der Waals surface area contributed by atoms with E-state index >= 15 is 0 Å². The summed E-state index contributed by atoms with van der Waals surface area (Å²) in [7, 11) is 1.92. The normalized spacial score (nSPS) is 10.5. The molecule has 0 aliphatic heterocycles. The summed E-state index contributed by atoms with van der Waals surface area (Å²) in [6.45, 7) is 1.09. The van der Waals surface area contributed by atoms with Crippen molar-refractivity contribution in [3.8, 4) is 0 Å². The molecule has 5 nitrogen and oxygen atoms in total. The molecule has 1 aromatic heterocycles. The number of amides is 1. The van der Waals surface area contributed by atoms with E-state index in [0.717, 1.165) is 13.0 Å². The molecule has 0 atom stereocenters. The molecule has 1 heterocycles. The van der Waals surface area contributed by atoms with Gasteiger partial charge in [-0.1, -0.05) is 24.4 Å². The van der Waals surface area contributed by atoms with Crippen LogP contribution in [0.2, 0.25) is 0 Å². The Morgan fingerprint density at radius 2 is 1.96 bits per heavy atom. The first-order chi connectivity index (χ1) is 11.1. The summed E-state index contributed by atoms with van der Waals surface area (Å²) < 4.78 is 0. The molecular formula is C17H20N4OS. The zero-order valence-corrected chi connectivity index (χ0v) is 13.8. The topological polar surface area (TPSA) is 71.2 Å². The monoisotopic (exact) mass is 328 g/mol. The van der Waals surface area contributed by atoms with Crippen molar-refractivity contribution in [2.45, 2.75) is 6.42 Å². The molecule has 0 radical (unpaired) electrons. The molecule has 120 valence electrons. The number of thiocarbonyl (C=S) groups is 1. The Morgan fingerprint density at radius 3 is 2.65 bits per heavy atom. The van der Waals surface area contributed by atoms with Gasteiger partial charge in [-0.2, -0.15) is 0 Å². The van der Waals surface area contributed by atoms with Crippen LogP contribution in [0, 0.1) is 0 Å². The van der Waals surface area contributed by atoms with Crippen LogP contribution in [0.25, 0.3) is 0 Å². The van der Waals surface area contributed by atoms with Crippen molar-refractivity contribution in [3.63, 3.8) is 0 Å². The van der Waals surface area contributed by atoms with Crippen LogP contribution in [0.1, 0.15) is 11.1 Å². The van der Waals surface area contributed by atoms with Crippen LogP contribution in [-0.4, -0.2) is 40.9 Å². The van der Waals surface area contributed by atoms with E-state index in [2.05, 4.69) is 10.3 Å². The number of nitrogens with one attached hydrogen (secondary N) is 1. The molecule has 2 rings (SSSR count). The zero-order chi connectivity index (χ0) is 16.7. The second-order valence-corrected chi connectivity index (χ2v) is 5.74. The highest BCUT2D eigenvalue weighted by Gasteiger charge is 2.10. The Morgan fingerprint density at radius 1 is 1.26 bits per heavy atom. The maximum absolute atomic E-state index is 12.2. The number of carbonyl (C=O) groups excluding carboxylic acids is 1. The Kier molecular flexibility index (Phi) is 6.19. The van der Waals surface area contributed by atoms with Crippen LogP contribution >= 0.6 is 12.2 Å². The summed E-state index contributed by atoms with van der Waals surface area (Å²) >= 11 is 5.00. The average molecular weight is 328 g/mol. The molecular weight excluding hydrogens is 308 g/mol. The minimum absolute atomic E-state index is 0.0917. The molecule has 0 saturated carbocycles. The first kappa shape index (κ1) is 17.1. The smallest absolute Gasteiger partial charge is 0.238 e. The SMILES string of the molecule is CN(CCc1ccncc1)CC(=O)Nc1ccccc1C(N)=S. The van der Waals surface area contributed by atoms with Gasteiger partial charge in [0, 0.05) is 24.5 Å². The number of likely N-dealkylation sites (N-methyl/N-ethyl adjacent to an activating group) is 1. The minimum atomic E-state index is -0.0917. The molecule has 0 fully saturated rings. The van der Waals surface area contributed by atoms with E-state index in [1.54, 1.807) is 24.5 Å². The number of para-hydroxylation sites is 1. The largest absolute Gasteiger partial charge is 0.389 e. The molecule has 23 heavy (non-hydrogen) atoms. The highest BCUT2D eigenvalue weighted by Crippen LogP contribution is 2.14. The van der Waals surface area contributed by atoms with E-state index in [1.165, 1.54) is 5.56 Å². The molecule has 3 N–H and O–H groups in total. The number of aromatic nitrogens is 1. The van der Waals surface area contributed by atoms with Gasteiger partial charge >= 0.3 is 0 Å². The first-order valence-electron chi connectivity index (χ1n) is 7.32. The zero-order valence-electron chi connectivity index (χ0n) is 13.0. The van der Waals surface area contributed by atoms with Crippen LogP contribution < -0.4 is 11.1 Å². The van der Waals surface area contributed by atoms with Crippen LogP contribution in [-0.2, 0) is 11.2 Å². The molecule has 2 aromatic rings. The van der Waals surface area contributed by atoms with E-state index in [0.29, 0.717) is 17.8 Å². The van der Waals surface area contributed by atoms with Gasteiger partial charge in [0.1, 0.15) is 4.99 Å². The Balaban J connectivity index is 1.86. The predicted molar refractivity (Wildman–Crippen MR) is 96.4 cm³/mol. The van der Waals surface area contributed by atoms with Gasteiger partial charge < -0.3 is 11.1 Å². The van der Waals surface area contributed by atoms with Gasteiger partial charge in [0.05, 0.1) is 12.2 Å². The van der Waals surface area contributed by atoms with Crippen LogP contribution in [0.15, 0.2) is 48.8 Å². The third-order valence-electron chi connectivity index (χ3n) is 3.41. The fraction of sp³-hybridized carbons (Fsp3) is 0.235. The van der Waals surface area contributed by atoms with Crippen molar-refractivity contribution < 1.29 is 4.79 Å². The van der Waals surface area contributed by atoms with E-state index in [1.807, 2.05) is 36.2 Å². The van der Waals surface area contributed by atoms with Gasteiger partial charge in [-0.15, -0.1) is 0 Å². The molecule has 6 heteroatoms. The van der Waals surface area contributed by atoms with Gasteiger partial charge in [-0.05, 0) is 43.3 Å². The number of hydrogen-bond acceptors (Lipinski definition) is 4. The van der Waals surface area contributed by atoms with Crippen LogP contribution in [0.4, 0.5) is 5.69 Å². The third kappa shape index (κ3) is 5.43. The van der Waals surface area contributed by atoms with E-state index in [4.69, 9.17) is 18.0 Å². The molecule has 1 aromatic carbocycles. The van der Waals surface area contributed by atoms with Crippen molar-refractivity contribution in [3.05, 3.63) is 59.9 Å². The van der Waals surface area contributed by atoms with Crippen molar-refractivity contribution in [2.75, 3.05) is 25.5 Å². The van der Waals surface area contributed by atoms with Gasteiger partial charge in [-0.25, -0.2) is 0 Å². The number of anilines is 1. The van der Waals surface area contributed by atoms with Crippen molar-refractivity contribution in [1.29, 1.82) is 0 Å². The number of nitrogens with two attached hydrogens (primary N) is 1. The number of pyridine rings is 1. The van der Waals surface area contributed by atoms with Crippen LogP contribution in [0.5, 0.6) is 0 Å². The fourth-order valence-corrected chi connectivity index (χ4v) is 2.37. The molecule has 0 unspecified atom stereocenters. The Labute approximate surface area is 141 Å². The quantitative estimate of drug-likeness (QED) is 0.759. The maximum atomic E-state index is 12.2. The number of nitrogens with zero attached hydrogens (tertiary/aromatic N) is 2. The van der Waals surface area contributed by atoms with E-state index in [-0.39, 0.29) is 10.9 Å². The number of carbonyl (C=O) groups is 1. The van der Waals surface area contributed by atoms with Crippen molar-refractivity contribution >= 4 is 28.8 Å². The Hall–Kier alpha value is -2.31. The first-order valence-corrected chi connectivity index (χ1v) is 7.73. The molecule has 0 spiro atoms. The van der Waals surface area contributed by atoms with Crippen molar-refractivity contribution in [1.82, 2.24) is 9.88 Å². The number of hydrogen-bond donors (Lipinski definition) is 2. The van der Waals surface area contributed by atoms with Gasteiger partial charge in [0.2, 0.25) is 5.91 Å². The number of rotatable bonds is 7. The van der Waals surface area contributed by atoms with E-state index < -0.39 is 0 Å². The Bertz CT molecular complexity index is 675. The highest BCUT2D eigenvalue weighted by molar-refractivity contribution is 7.80. The second kappa shape index (κ2) is 8.36. The summed E-state index contributed by atoms with van der Waals surface area (Å²) in [6.07, 6.45) is 4.42. The maximum Gasteiger partial charge on any atom is 0.238 e. The van der Waals surface area contributed by atoms with Gasteiger partial charge in [0.25, 0.3) is 0 Å². The summed E-state index contributed by atoms with van der Waals surface area (Å²) in [5, 5.41) is 2.86. The molecule has 0 aliphatic carbocycles. The van der Waals surface area contributed by atoms with E-state index in [9.17, 15) is 4.79 Å². The lowest BCUT2D eigenvalue weighted by Crippen LogP contribution is -2.32. The second-order valence-electron chi connectivity index (χ2n) is 5.30. The predicted octanol–water partition coefficient (Wildman–Crippen LogP) is 1.83. The molecule has 0 aliphatic rings. The van der Waals surface area contributed by atoms with Crippen LogP contribution in [0.3, 0.4) is 0 Å². The van der Waals surface area contributed by atoms with Gasteiger partial charge in [-0.3, -0.25) is 14.7 Å². The molecule has 0 bridgehead atoms. The lowest BCUT2D eigenvalue weighted by molar-refractivity contribution is -0.117. The summed E-state index contributed by atoms with van der Waals surface area (Å²) in [5.41, 5.74) is 8.19. The lowest BCUT2D eigenvalue weighted by atomic mass is 10.1. The van der Waals surface area contributed by atoms with Crippen molar-refractivity contribution in [2.24, 2.45) is 5.73 Å². The fourth-order valence-electron chi connectivity index (χ4n) is 2.19. The standard InChI is InChI=1S/C17H20N4OS/c1-21(11-8-13-6-9-19-10-7-13)12-16(22)20-15-5-3-2-4-14(15)17(18)23/h2-7,9-10H,8,11-12H2,1H3,(H2,18,23)(H,20,22).